The van der Waals surface area contributed by atoms with E-state index in [0.717, 1.165) is 55.0 Å². The molecule has 1 aliphatic heterocycles. The van der Waals surface area contributed by atoms with Crippen LogP contribution in [0.1, 0.15) is 24.8 Å². The lowest BCUT2D eigenvalue weighted by Gasteiger charge is -2.34. The summed E-state index contributed by atoms with van der Waals surface area (Å²) in [6.07, 6.45) is 10.4. The van der Waals surface area contributed by atoms with Gasteiger partial charge in [-0.05, 0) is 49.2 Å². The zero-order valence-electron chi connectivity index (χ0n) is 16.6. The number of nitrogens with one attached hydrogen (secondary N) is 2. The normalized spacial score (nSPS) is 17.1. The van der Waals surface area contributed by atoms with Gasteiger partial charge in [0.15, 0.2) is 0 Å². The number of hydrogen-bond acceptors (Lipinski definition) is 5. The summed E-state index contributed by atoms with van der Waals surface area (Å²) in [7, 11) is 1.88. The molecule has 2 N–H and O–H groups in total. The average molecular weight is 390 g/mol. The second kappa shape index (κ2) is 8.87. The number of piperidine rings is 1. The Hall–Kier alpha value is -3.19. The number of pyridine rings is 1. The zero-order chi connectivity index (χ0) is 20.1. The van der Waals surface area contributed by atoms with E-state index in [1.54, 1.807) is 17.1 Å². The number of anilines is 3. The molecule has 1 fully saturated rings. The predicted molar refractivity (Wildman–Crippen MR) is 114 cm³/mol. The number of rotatable bonds is 6. The van der Waals surface area contributed by atoms with Crippen molar-refractivity contribution in [2.24, 2.45) is 7.05 Å². The smallest absolute Gasteiger partial charge is 0.241 e. The van der Waals surface area contributed by atoms with Gasteiger partial charge in [-0.15, -0.1) is 0 Å². The SMILES string of the molecule is Cn1cc(Nc2cccc(NC(=O)C3CCCCN3Cc3cccnc3)c2)cn1. The van der Waals surface area contributed by atoms with Gasteiger partial charge in [-0.25, -0.2) is 0 Å². The van der Waals surface area contributed by atoms with Gasteiger partial charge in [0, 0.05) is 43.6 Å². The Kier molecular flexibility index (Phi) is 5.86. The minimum Gasteiger partial charge on any atom is -0.353 e. The van der Waals surface area contributed by atoms with Gasteiger partial charge in [0.05, 0.1) is 17.9 Å². The molecular weight excluding hydrogens is 364 g/mol. The number of aryl methyl sites for hydroxylation is 1. The number of nitrogens with zero attached hydrogens (tertiary/aromatic N) is 4. The maximum absolute atomic E-state index is 13.0. The molecule has 2 aromatic heterocycles. The average Bonchev–Trinajstić information content (AvgIpc) is 3.14. The van der Waals surface area contributed by atoms with E-state index in [0.29, 0.717) is 0 Å². The quantitative estimate of drug-likeness (QED) is 0.673. The van der Waals surface area contributed by atoms with Gasteiger partial charge in [-0.3, -0.25) is 19.4 Å². The minimum atomic E-state index is -0.126. The lowest BCUT2D eigenvalue weighted by molar-refractivity contribution is -0.122. The van der Waals surface area contributed by atoms with Gasteiger partial charge in [0.25, 0.3) is 0 Å². The third-order valence-electron chi connectivity index (χ3n) is 5.15. The zero-order valence-corrected chi connectivity index (χ0v) is 16.6. The van der Waals surface area contributed by atoms with Crippen LogP contribution in [0.25, 0.3) is 0 Å². The standard InChI is InChI=1S/C22H26N6O/c1-27-16-20(14-24-27)25-18-7-4-8-19(12-18)26-22(29)21-9-2-3-11-28(21)15-17-6-5-10-23-13-17/h4-8,10,12-14,16,21,25H,2-3,9,11,15H2,1H3,(H,26,29). The largest absolute Gasteiger partial charge is 0.353 e. The van der Waals surface area contributed by atoms with Crippen LogP contribution in [0.5, 0.6) is 0 Å². The molecule has 0 bridgehead atoms. The molecule has 0 saturated carbocycles. The molecule has 1 unspecified atom stereocenters. The van der Waals surface area contributed by atoms with Crippen molar-refractivity contribution in [1.82, 2.24) is 19.7 Å². The molecule has 0 spiro atoms. The van der Waals surface area contributed by atoms with E-state index in [9.17, 15) is 4.79 Å². The molecular formula is C22H26N6O. The van der Waals surface area contributed by atoms with Crippen LogP contribution in [0.15, 0.2) is 61.2 Å². The third-order valence-corrected chi connectivity index (χ3v) is 5.15. The Morgan fingerprint density at radius 3 is 2.83 bits per heavy atom. The Labute approximate surface area is 170 Å². The number of aromatic nitrogens is 3. The summed E-state index contributed by atoms with van der Waals surface area (Å²) in [5.74, 6) is 0.0483. The lowest BCUT2D eigenvalue weighted by Crippen LogP contribution is -2.46. The number of carbonyl (C=O) groups is 1. The van der Waals surface area contributed by atoms with Gasteiger partial charge in [-0.2, -0.15) is 5.10 Å². The summed E-state index contributed by atoms with van der Waals surface area (Å²) in [5.41, 5.74) is 3.74. The van der Waals surface area contributed by atoms with E-state index >= 15 is 0 Å². The van der Waals surface area contributed by atoms with E-state index in [4.69, 9.17) is 0 Å². The molecule has 1 amide bonds. The highest BCUT2D eigenvalue weighted by Crippen LogP contribution is 2.23. The third kappa shape index (κ3) is 5.00. The highest BCUT2D eigenvalue weighted by atomic mass is 16.2. The second-order valence-electron chi connectivity index (χ2n) is 7.44. The van der Waals surface area contributed by atoms with E-state index in [1.807, 2.05) is 49.8 Å². The monoisotopic (exact) mass is 390 g/mol. The van der Waals surface area contributed by atoms with Gasteiger partial charge >= 0.3 is 0 Å². The summed E-state index contributed by atoms with van der Waals surface area (Å²) in [6.45, 7) is 1.67. The molecule has 3 heterocycles. The van der Waals surface area contributed by atoms with E-state index in [-0.39, 0.29) is 11.9 Å². The van der Waals surface area contributed by atoms with Crippen LogP contribution >= 0.6 is 0 Å². The summed E-state index contributed by atoms with van der Waals surface area (Å²) in [5, 5.41) is 10.6. The van der Waals surface area contributed by atoms with Crippen LogP contribution in [0.4, 0.5) is 17.1 Å². The molecule has 4 rings (SSSR count). The first-order chi connectivity index (χ1) is 14.2. The predicted octanol–water partition coefficient (Wildman–Crippen LogP) is 3.55. The summed E-state index contributed by atoms with van der Waals surface area (Å²) in [4.78, 5) is 19.5. The molecule has 29 heavy (non-hydrogen) atoms. The van der Waals surface area contributed by atoms with Crippen molar-refractivity contribution in [2.75, 3.05) is 17.2 Å². The van der Waals surface area contributed by atoms with Gasteiger partial charge in [0.1, 0.15) is 0 Å². The fourth-order valence-corrected chi connectivity index (χ4v) is 3.76. The molecule has 7 heteroatoms. The number of hydrogen-bond donors (Lipinski definition) is 2. The van der Waals surface area contributed by atoms with Crippen molar-refractivity contribution in [3.05, 3.63) is 66.7 Å². The highest BCUT2D eigenvalue weighted by Gasteiger charge is 2.28. The Morgan fingerprint density at radius 1 is 1.14 bits per heavy atom. The van der Waals surface area contributed by atoms with Crippen LogP contribution in [0.3, 0.4) is 0 Å². The first-order valence-corrected chi connectivity index (χ1v) is 9.97. The van der Waals surface area contributed by atoms with Crippen LogP contribution in [0, 0.1) is 0 Å². The molecule has 1 aliphatic rings. The first-order valence-electron chi connectivity index (χ1n) is 9.97. The second-order valence-corrected chi connectivity index (χ2v) is 7.44. The van der Waals surface area contributed by atoms with Crippen LogP contribution in [-0.4, -0.2) is 38.2 Å². The Bertz CT molecular complexity index is 955. The van der Waals surface area contributed by atoms with Crippen LogP contribution < -0.4 is 10.6 Å². The van der Waals surface area contributed by atoms with Crippen molar-refractivity contribution < 1.29 is 4.79 Å². The van der Waals surface area contributed by atoms with Crippen molar-refractivity contribution >= 4 is 23.0 Å². The topological polar surface area (TPSA) is 75.1 Å². The molecule has 0 aliphatic carbocycles. The molecule has 0 radical (unpaired) electrons. The molecule has 1 atom stereocenters. The van der Waals surface area contributed by atoms with Crippen LogP contribution in [-0.2, 0) is 18.4 Å². The summed E-state index contributed by atoms with van der Waals surface area (Å²) < 4.78 is 1.74. The summed E-state index contributed by atoms with van der Waals surface area (Å²) >= 11 is 0. The maximum atomic E-state index is 13.0. The number of amides is 1. The van der Waals surface area contributed by atoms with Gasteiger partial charge in [0.2, 0.25) is 5.91 Å². The summed E-state index contributed by atoms with van der Waals surface area (Å²) in [6, 6.07) is 11.6. The molecule has 150 valence electrons. The Morgan fingerprint density at radius 2 is 2.03 bits per heavy atom. The lowest BCUT2D eigenvalue weighted by atomic mass is 10.0. The van der Waals surface area contributed by atoms with E-state index in [1.165, 1.54) is 0 Å². The van der Waals surface area contributed by atoms with E-state index in [2.05, 4.69) is 31.7 Å². The highest BCUT2D eigenvalue weighted by molar-refractivity contribution is 5.95. The van der Waals surface area contributed by atoms with Crippen molar-refractivity contribution in [2.45, 2.75) is 31.8 Å². The first kappa shape index (κ1) is 19.1. The fourth-order valence-electron chi connectivity index (χ4n) is 3.76. The molecule has 1 aromatic carbocycles. The fraction of sp³-hybridized carbons (Fsp3) is 0.318. The number of likely N-dealkylation sites (tertiary alicyclic amines) is 1. The molecule has 1 saturated heterocycles. The van der Waals surface area contributed by atoms with Crippen molar-refractivity contribution in [3.63, 3.8) is 0 Å². The maximum Gasteiger partial charge on any atom is 0.241 e. The molecule has 7 nitrogen and oxygen atoms in total. The number of carbonyl (C=O) groups excluding carboxylic acids is 1. The van der Waals surface area contributed by atoms with E-state index < -0.39 is 0 Å². The van der Waals surface area contributed by atoms with Gasteiger partial charge in [-0.1, -0.05) is 18.6 Å². The minimum absolute atomic E-state index is 0.0483. The molecule has 3 aromatic rings. The van der Waals surface area contributed by atoms with Crippen molar-refractivity contribution in [3.8, 4) is 0 Å². The van der Waals surface area contributed by atoms with Gasteiger partial charge < -0.3 is 10.6 Å². The Balaban J connectivity index is 1.42. The number of benzene rings is 1. The van der Waals surface area contributed by atoms with Crippen molar-refractivity contribution in [1.29, 1.82) is 0 Å². The van der Waals surface area contributed by atoms with Crippen LogP contribution in [0.2, 0.25) is 0 Å².